The topological polar surface area (TPSA) is 84.3 Å². The first-order valence-electron chi connectivity index (χ1n) is 8.25. The van der Waals surface area contributed by atoms with E-state index < -0.39 is 10.0 Å². The van der Waals surface area contributed by atoms with Gasteiger partial charge < -0.3 is 5.32 Å². The number of carbonyl (C=O) groups excluding carboxylic acids is 1. The predicted molar refractivity (Wildman–Crippen MR) is 106 cm³/mol. The molecule has 1 aliphatic rings. The third-order valence-electron chi connectivity index (χ3n) is 4.64. The van der Waals surface area contributed by atoms with Crippen LogP contribution in [0.25, 0.3) is 0 Å². The van der Waals surface area contributed by atoms with Gasteiger partial charge in [-0.3, -0.25) is 9.48 Å². The second-order valence-electron chi connectivity index (χ2n) is 6.52. The molecule has 1 aromatic heterocycles. The van der Waals surface area contributed by atoms with Crippen LogP contribution in [0.2, 0.25) is 0 Å². The van der Waals surface area contributed by atoms with E-state index in [9.17, 15) is 13.2 Å². The molecule has 0 aliphatic heterocycles. The molecule has 26 heavy (non-hydrogen) atoms. The molecule has 1 aromatic carbocycles. The van der Waals surface area contributed by atoms with Gasteiger partial charge in [-0.25, -0.2) is 12.7 Å². The van der Waals surface area contributed by atoms with E-state index in [-0.39, 0.29) is 16.8 Å². The highest BCUT2D eigenvalue weighted by molar-refractivity contribution is 14.1. The van der Waals surface area contributed by atoms with Gasteiger partial charge in [0.05, 0.1) is 22.7 Å². The van der Waals surface area contributed by atoms with E-state index in [0.29, 0.717) is 9.13 Å². The number of hydrogen-bond donors (Lipinski definition) is 1. The molecule has 7 nitrogen and oxygen atoms in total. The van der Waals surface area contributed by atoms with Crippen molar-refractivity contribution in [2.75, 3.05) is 14.1 Å². The molecular weight excluding hydrogens is 467 g/mol. The number of rotatable bonds is 4. The van der Waals surface area contributed by atoms with Crippen LogP contribution < -0.4 is 5.32 Å². The molecule has 1 aliphatic carbocycles. The second-order valence-corrected chi connectivity index (χ2v) is 9.83. The number of carbonyl (C=O) groups is 1. The summed E-state index contributed by atoms with van der Waals surface area (Å²) >= 11 is 2.05. The largest absolute Gasteiger partial charge is 0.345 e. The highest BCUT2D eigenvalue weighted by atomic mass is 127. The Morgan fingerprint density at radius 2 is 2.12 bits per heavy atom. The molecule has 1 heterocycles. The summed E-state index contributed by atoms with van der Waals surface area (Å²) in [4.78, 5) is 13.0. The van der Waals surface area contributed by atoms with Crippen molar-refractivity contribution in [3.05, 3.63) is 44.8 Å². The van der Waals surface area contributed by atoms with Crippen LogP contribution in [-0.4, -0.2) is 42.5 Å². The monoisotopic (exact) mass is 488 g/mol. The van der Waals surface area contributed by atoms with E-state index in [2.05, 4.69) is 33.0 Å². The Morgan fingerprint density at radius 1 is 1.38 bits per heavy atom. The fourth-order valence-electron chi connectivity index (χ4n) is 3.14. The first kappa shape index (κ1) is 19.3. The van der Waals surface area contributed by atoms with Gasteiger partial charge in [0.1, 0.15) is 0 Å². The molecule has 3 rings (SSSR count). The van der Waals surface area contributed by atoms with Crippen molar-refractivity contribution in [2.24, 2.45) is 7.05 Å². The van der Waals surface area contributed by atoms with E-state index in [0.717, 1.165) is 34.8 Å². The lowest BCUT2D eigenvalue weighted by Gasteiger charge is -2.24. The Kier molecular flexibility index (Phi) is 5.40. The molecule has 2 aromatic rings. The maximum atomic E-state index is 12.8. The molecule has 1 atom stereocenters. The van der Waals surface area contributed by atoms with Gasteiger partial charge in [0.15, 0.2) is 0 Å². The van der Waals surface area contributed by atoms with Crippen LogP contribution >= 0.6 is 22.6 Å². The van der Waals surface area contributed by atoms with Gasteiger partial charge in [0.25, 0.3) is 5.91 Å². The van der Waals surface area contributed by atoms with E-state index >= 15 is 0 Å². The molecular formula is C17H21IN4O3S. The summed E-state index contributed by atoms with van der Waals surface area (Å²) < 4.78 is 28.4. The molecule has 1 unspecified atom stereocenters. The number of aryl methyl sites for hydroxylation is 1. The molecule has 0 saturated heterocycles. The zero-order valence-corrected chi connectivity index (χ0v) is 17.8. The first-order valence-corrected chi connectivity index (χ1v) is 10.8. The Bertz CT molecular complexity index is 953. The van der Waals surface area contributed by atoms with Gasteiger partial charge in [-0.15, -0.1) is 0 Å². The number of fused-ring (bicyclic) bond motifs is 1. The minimum absolute atomic E-state index is 0.107. The number of nitrogens with zero attached hydrogens (tertiary/aromatic N) is 3. The zero-order valence-electron chi connectivity index (χ0n) is 14.9. The van der Waals surface area contributed by atoms with Gasteiger partial charge in [-0.2, -0.15) is 5.10 Å². The van der Waals surface area contributed by atoms with Crippen molar-refractivity contribution in [3.63, 3.8) is 0 Å². The summed E-state index contributed by atoms with van der Waals surface area (Å²) in [5.74, 6) is -0.271. The fraction of sp³-hybridized carbons (Fsp3) is 0.412. The SMILES string of the molecule is CN(C)S(=O)(=O)c1ccc(I)c(C(=O)NC2CCCc3c2cnn3C)c1. The minimum atomic E-state index is -3.59. The van der Waals surface area contributed by atoms with Crippen molar-refractivity contribution in [1.82, 2.24) is 19.4 Å². The zero-order chi connectivity index (χ0) is 19.1. The second kappa shape index (κ2) is 7.28. The lowest BCUT2D eigenvalue weighted by Crippen LogP contribution is -2.31. The highest BCUT2D eigenvalue weighted by Gasteiger charge is 2.26. The van der Waals surface area contributed by atoms with E-state index in [1.807, 2.05) is 11.7 Å². The molecule has 0 radical (unpaired) electrons. The molecule has 0 saturated carbocycles. The van der Waals surface area contributed by atoms with Crippen molar-refractivity contribution in [2.45, 2.75) is 30.2 Å². The van der Waals surface area contributed by atoms with Gasteiger partial charge in [-0.1, -0.05) is 0 Å². The molecule has 9 heteroatoms. The van der Waals surface area contributed by atoms with Crippen molar-refractivity contribution in [3.8, 4) is 0 Å². The number of sulfonamides is 1. The average molecular weight is 488 g/mol. The van der Waals surface area contributed by atoms with E-state index in [4.69, 9.17) is 0 Å². The molecule has 0 spiro atoms. The molecule has 0 fully saturated rings. The standard InChI is InChI=1S/C17H21IN4O3S/c1-21(2)26(24,25)11-7-8-14(18)12(9-11)17(23)20-15-5-4-6-16-13(15)10-19-22(16)3/h7-10,15H,4-6H2,1-3H3,(H,20,23). The third kappa shape index (κ3) is 3.52. The van der Waals surface area contributed by atoms with Gasteiger partial charge in [0.2, 0.25) is 10.0 Å². The van der Waals surface area contributed by atoms with Crippen LogP contribution in [0.1, 0.15) is 40.5 Å². The quantitative estimate of drug-likeness (QED) is 0.669. The van der Waals surface area contributed by atoms with E-state index in [1.54, 1.807) is 12.3 Å². The summed E-state index contributed by atoms with van der Waals surface area (Å²) in [7, 11) is 1.26. The maximum Gasteiger partial charge on any atom is 0.252 e. The number of hydrogen-bond acceptors (Lipinski definition) is 4. The lowest BCUT2D eigenvalue weighted by molar-refractivity contribution is 0.0931. The summed E-state index contributed by atoms with van der Waals surface area (Å²) in [5, 5.41) is 7.34. The van der Waals surface area contributed by atoms with E-state index in [1.165, 1.54) is 26.2 Å². The first-order chi connectivity index (χ1) is 12.2. The smallest absolute Gasteiger partial charge is 0.252 e. The molecule has 1 N–H and O–H groups in total. The average Bonchev–Trinajstić information content (AvgIpc) is 2.97. The number of nitrogens with one attached hydrogen (secondary N) is 1. The predicted octanol–water partition coefficient (Wildman–Crippen LogP) is 2.08. The van der Waals surface area contributed by atoms with Crippen LogP contribution in [0.3, 0.4) is 0 Å². The Balaban J connectivity index is 1.89. The Hall–Kier alpha value is -1.46. The minimum Gasteiger partial charge on any atom is -0.345 e. The Morgan fingerprint density at radius 3 is 2.81 bits per heavy atom. The molecule has 1 amide bonds. The van der Waals surface area contributed by atoms with Crippen molar-refractivity contribution in [1.29, 1.82) is 0 Å². The van der Waals surface area contributed by atoms with Crippen molar-refractivity contribution < 1.29 is 13.2 Å². The van der Waals surface area contributed by atoms with Crippen LogP contribution in [0.15, 0.2) is 29.3 Å². The lowest BCUT2D eigenvalue weighted by atomic mass is 9.93. The van der Waals surface area contributed by atoms with Crippen LogP contribution in [0.4, 0.5) is 0 Å². The maximum absolute atomic E-state index is 12.8. The molecule has 140 valence electrons. The van der Waals surface area contributed by atoms with Gasteiger partial charge in [-0.05, 0) is 60.1 Å². The highest BCUT2D eigenvalue weighted by Crippen LogP contribution is 2.30. The number of benzene rings is 1. The number of halogens is 1. The number of aromatic nitrogens is 2. The van der Waals surface area contributed by atoms with Crippen molar-refractivity contribution >= 4 is 38.5 Å². The summed E-state index contributed by atoms with van der Waals surface area (Å²) in [6.45, 7) is 0. The number of amides is 1. The van der Waals surface area contributed by atoms with Crippen LogP contribution in [-0.2, 0) is 23.5 Å². The van der Waals surface area contributed by atoms with Crippen LogP contribution in [0.5, 0.6) is 0 Å². The Labute approximate surface area is 167 Å². The van der Waals surface area contributed by atoms with Crippen LogP contribution in [0, 0.1) is 3.57 Å². The fourth-order valence-corrected chi connectivity index (χ4v) is 4.65. The summed E-state index contributed by atoms with van der Waals surface area (Å²) in [5.41, 5.74) is 2.55. The van der Waals surface area contributed by atoms with Gasteiger partial charge >= 0.3 is 0 Å². The molecule has 0 bridgehead atoms. The summed E-state index contributed by atoms with van der Waals surface area (Å²) in [6, 6.07) is 4.51. The normalized spacial score (nSPS) is 17.2. The third-order valence-corrected chi connectivity index (χ3v) is 7.39. The van der Waals surface area contributed by atoms with Gasteiger partial charge in [0, 0.05) is 36.0 Å². The summed E-state index contributed by atoms with van der Waals surface area (Å²) in [6.07, 6.45) is 4.57.